The van der Waals surface area contributed by atoms with E-state index < -0.39 is 5.41 Å². The molecule has 2 rings (SSSR count). The molecule has 0 fully saturated rings. The van der Waals surface area contributed by atoms with Gasteiger partial charge in [-0.25, -0.2) is 0 Å². The number of ether oxygens (including phenoxy) is 1. The van der Waals surface area contributed by atoms with E-state index >= 15 is 0 Å². The van der Waals surface area contributed by atoms with Crippen molar-refractivity contribution in [3.63, 3.8) is 0 Å². The van der Waals surface area contributed by atoms with Crippen LogP contribution in [0.3, 0.4) is 0 Å². The van der Waals surface area contributed by atoms with Gasteiger partial charge in [0.25, 0.3) is 0 Å². The van der Waals surface area contributed by atoms with Crippen molar-refractivity contribution in [3.05, 3.63) is 30.0 Å². The molecule has 0 aliphatic heterocycles. The van der Waals surface area contributed by atoms with Gasteiger partial charge in [-0.2, -0.15) is 0 Å². The maximum Gasteiger partial charge on any atom is 0.316 e. The molecule has 0 aliphatic rings. The number of fused-ring (bicyclic) bond motifs is 1. The summed E-state index contributed by atoms with van der Waals surface area (Å²) in [5.74, 6) is 0.439. The third-order valence-corrected chi connectivity index (χ3v) is 3.27. The molecule has 0 aliphatic carbocycles. The first-order valence-corrected chi connectivity index (χ1v) is 7.02. The molecule has 1 aromatic heterocycles. The van der Waals surface area contributed by atoms with Gasteiger partial charge in [-0.15, -0.1) is 0 Å². The van der Waals surface area contributed by atoms with Gasteiger partial charge < -0.3 is 15.0 Å². The largest absolute Gasteiger partial charge is 0.425 e. The maximum absolute atomic E-state index is 12.1. The highest BCUT2D eigenvalue weighted by molar-refractivity contribution is 5.92. The number of carbonyl (C=O) groups is 1. The monoisotopic (exact) mass is 275 g/mol. The number of rotatable bonds is 4. The smallest absolute Gasteiger partial charge is 0.316 e. The minimum atomic E-state index is -0.504. The Kier molecular flexibility index (Phi) is 4.14. The third kappa shape index (κ3) is 3.02. The van der Waals surface area contributed by atoms with E-state index in [-0.39, 0.29) is 5.97 Å². The van der Waals surface area contributed by atoms with Crippen molar-refractivity contribution < 1.29 is 14.8 Å². The van der Waals surface area contributed by atoms with Crippen molar-refractivity contribution >= 4 is 16.9 Å². The van der Waals surface area contributed by atoms with Gasteiger partial charge in [-0.05, 0) is 38.5 Å². The summed E-state index contributed by atoms with van der Waals surface area (Å²) in [5.41, 5.74) is 1.70. The summed E-state index contributed by atoms with van der Waals surface area (Å²) in [4.78, 5) is 15.3. The fraction of sp³-hybridized carbons (Fsp3) is 0.438. The van der Waals surface area contributed by atoms with Crippen LogP contribution in [0.5, 0.6) is 5.75 Å². The molecular formula is C16H23N2O2+. The number of likely N-dealkylation sites (N-methyl/N-ethyl adjacent to an activating group) is 1. The number of esters is 1. The van der Waals surface area contributed by atoms with E-state index in [2.05, 4.69) is 17.3 Å². The van der Waals surface area contributed by atoms with Crippen LogP contribution in [0.25, 0.3) is 10.9 Å². The molecule has 0 radical (unpaired) electrons. The van der Waals surface area contributed by atoms with Crippen molar-refractivity contribution in [1.82, 2.24) is 4.98 Å². The molecule has 3 N–H and O–H groups in total. The lowest BCUT2D eigenvalue weighted by atomic mass is 9.97. The highest BCUT2D eigenvalue weighted by Gasteiger charge is 2.24. The lowest BCUT2D eigenvalue weighted by Crippen LogP contribution is -2.80. The average Bonchev–Trinajstić information content (AvgIpc) is 2.79. The predicted octanol–water partition coefficient (Wildman–Crippen LogP) is 1.86. The molecule has 0 atom stereocenters. The number of H-pyrrole nitrogens is 1. The van der Waals surface area contributed by atoms with E-state index in [9.17, 15) is 4.79 Å². The summed E-state index contributed by atoms with van der Waals surface area (Å²) in [6, 6.07) is 5.77. The van der Waals surface area contributed by atoms with Crippen LogP contribution in [-0.2, 0) is 11.2 Å². The molecule has 0 spiro atoms. The maximum atomic E-state index is 12.1. The Morgan fingerprint density at radius 3 is 2.75 bits per heavy atom. The zero-order valence-corrected chi connectivity index (χ0v) is 12.6. The van der Waals surface area contributed by atoms with Gasteiger partial charge in [0.15, 0.2) is 0 Å². The second-order valence-electron chi connectivity index (χ2n) is 6.08. The lowest BCUT2D eigenvalue weighted by molar-refractivity contribution is -0.626. The van der Waals surface area contributed by atoms with Gasteiger partial charge in [0.1, 0.15) is 5.75 Å². The van der Waals surface area contributed by atoms with Gasteiger partial charge in [-0.1, -0.05) is 6.07 Å². The number of aromatic amines is 1. The molecule has 4 nitrogen and oxygen atoms in total. The summed E-state index contributed by atoms with van der Waals surface area (Å²) in [6.45, 7) is 6.59. The Balaban J connectivity index is 2.37. The molecule has 0 saturated heterocycles. The molecule has 20 heavy (non-hydrogen) atoms. The standard InChI is InChI=1S/C16H22N2O2/c1-16(2,3)15(19)20-13-7-5-6-12-14(13)11(10-18-12)8-9-17-4/h5-7,10,17-18H,8-9H2,1-4H3/p+1. The van der Waals surface area contributed by atoms with Crippen LogP contribution in [-0.4, -0.2) is 24.5 Å². The number of carbonyl (C=O) groups excluding carboxylic acids is 1. The zero-order chi connectivity index (χ0) is 14.8. The summed E-state index contributed by atoms with van der Waals surface area (Å²) in [6.07, 6.45) is 2.95. The normalized spacial score (nSPS) is 11.8. The molecule has 4 heteroatoms. The number of nitrogens with one attached hydrogen (secondary N) is 1. The second-order valence-corrected chi connectivity index (χ2v) is 6.08. The average molecular weight is 275 g/mol. The minimum Gasteiger partial charge on any atom is -0.425 e. The lowest BCUT2D eigenvalue weighted by Gasteiger charge is -2.17. The van der Waals surface area contributed by atoms with Crippen LogP contribution in [0.2, 0.25) is 0 Å². The molecule has 108 valence electrons. The van der Waals surface area contributed by atoms with Crippen LogP contribution in [0.1, 0.15) is 26.3 Å². The van der Waals surface area contributed by atoms with Gasteiger partial charge in [0, 0.05) is 23.5 Å². The quantitative estimate of drug-likeness (QED) is 0.661. The van der Waals surface area contributed by atoms with Crippen LogP contribution in [0.15, 0.2) is 24.4 Å². The van der Waals surface area contributed by atoms with E-state index in [1.165, 1.54) is 5.56 Å². The Morgan fingerprint density at radius 2 is 2.10 bits per heavy atom. The number of hydrogen-bond donors (Lipinski definition) is 2. The van der Waals surface area contributed by atoms with Crippen molar-refractivity contribution in [3.8, 4) is 5.75 Å². The molecule has 0 bridgehead atoms. The minimum absolute atomic E-state index is 0.209. The first-order valence-electron chi connectivity index (χ1n) is 7.02. The second kappa shape index (κ2) is 5.67. The van der Waals surface area contributed by atoms with Crippen LogP contribution in [0, 0.1) is 5.41 Å². The number of hydrogen-bond acceptors (Lipinski definition) is 2. The Morgan fingerprint density at radius 1 is 1.35 bits per heavy atom. The summed E-state index contributed by atoms with van der Waals surface area (Å²) in [5, 5.41) is 3.16. The van der Waals surface area contributed by atoms with E-state index in [0.717, 1.165) is 23.9 Å². The highest BCUT2D eigenvalue weighted by Crippen LogP contribution is 2.30. The van der Waals surface area contributed by atoms with Crippen LogP contribution < -0.4 is 10.1 Å². The van der Waals surface area contributed by atoms with E-state index in [4.69, 9.17) is 4.74 Å². The van der Waals surface area contributed by atoms with Gasteiger partial charge >= 0.3 is 5.97 Å². The number of nitrogens with two attached hydrogens (primary N) is 1. The fourth-order valence-corrected chi connectivity index (χ4v) is 2.05. The van der Waals surface area contributed by atoms with Gasteiger partial charge in [0.2, 0.25) is 0 Å². The van der Waals surface area contributed by atoms with Crippen molar-refractivity contribution in [2.45, 2.75) is 27.2 Å². The number of aromatic nitrogens is 1. The fourth-order valence-electron chi connectivity index (χ4n) is 2.05. The molecular weight excluding hydrogens is 252 g/mol. The van der Waals surface area contributed by atoms with E-state index in [0.29, 0.717) is 5.75 Å². The first-order chi connectivity index (χ1) is 9.43. The molecule has 0 amide bonds. The Bertz CT molecular complexity index is 608. The van der Waals surface area contributed by atoms with E-state index in [1.807, 2.05) is 45.2 Å². The topological polar surface area (TPSA) is 58.7 Å². The van der Waals surface area contributed by atoms with Crippen molar-refractivity contribution in [2.75, 3.05) is 13.6 Å². The zero-order valence-electron chi connectivity index (χ0n) is 12.6. The SMILES string of the molecule is C[NH2+]CCc1c[nH]c2cccc(OC(=O)C(C)(C)C)c12. The third-order valence-electron chi connectivity index (χ3n) is 3.27. The van der Waals surface area contributed by atoms with Crippen LogP contribution >= 0.6 is 0 Å². The molecule has 2 aromatic rings. The molecule has 0 saturated carbocycles. The molecule has 1 aromatic carbocycles. The summed E-state index contributed by atoms with van der Waals surface area (Å²) < 4.78 is 5.60. The predicted molar refractivity (Wildman–Crippen MR) is 79.8 cm³/mol. The van der Waals surface area contributed by atoms with Gasteiger partial charge in [-0.3, -0.25) is 4.79 Å². The van der Waals surface area contributed by atoms with Crippen LogP contribution in [0.4, 0.5) is 0 Å². The Hall–Kier alpha value is -1.81. The first kappa shape index (κ1) is 14.6. The molecule has 0 unspecified atom stereocenters. The number of quaternary nitrogens is 1. The Labute approximate surface area is 119 Å². The van der Waals surface area contributed by atoms with Crippen molar-refractivity contribution in [1.29, 1.82) is 0 Å². The van der Waals surface area contributed by atoms with E-state index in [1.54, 1.807) is 0 Å². The summed E-state index contributed by atoms with van der Waals surface area (Å²) >= 11 is 0. The molecule has 1 heterocycles. The van der Waals surface area contributed by atoms with Gasteiger partial charge in [0.05, 0.1) is 19.0 Å². The van der Waals surface area contributed by atoms with Crippen molar-refractivity contribution in [2.24, 2.45) is 5.41 Å². The highest BCUT2D eigenvalue weighted by atomic mass is 16.5. The summed E-state index contributed by atoms with van der Waals surface area (Å²) in [7, 11) is 2.05. The number of benzene rings is 1.